The number of ketones is 1. The van der Waals surface area contributed by atoms with Gasteiger partial charge in [0.15, 0.2) is 5.78 Å². The lowest BCUT2D eigenvalue weighted by Gasteiger charge is -2.14. The van der Waals surface area contributed by atoms with Crippen molar-refractivity contribution in [2.45, 2.75) is 12.7 Å². The van der Waals surface area contributed by atoms with Gasteiger partial charge in [0.05, 0.1) is 16.4 Å². The standard InChI is InChI=1S/C12H6Cl2F3NO2S/c13-9-4-6(11(14)21-9)7(19)5-18-8(12(15,16)17)2-1-3-10(18)20/h1-4H,5H2. The molecule has 2 aromatic rings. The maximum atomic E-state index is 12.8. The van der Waals surface area contributed by atoms with E-state index in [2.05, 4.69) is 0 Å². The second-order valence-corrected chi connectivity index (χ2v) is 6.28. The lowest BCUT2D eigenvalue weighted by molar-refractivity contribution is -0.144. The molecule has 3 nitrogen and oxygen atoms in total. The van der Waals surface area contributed by atoms with Crippen LogP contribution in [0.15, 0.2) is 29.1 Å². The Kier molecular flexibility index (Phi) is 4.46. The number of alkyl halides is 3. The smallest absolute Gasteiger partial charge is 0.297 e. The zero-order chi connectivity index (χ0) is 15.8. The third-order valence-electron chi connectivity index (χ3n) is 2.60. The molecule has 0 aromatic carbocycles. The largest absolute Gasteiger partial charge is 0.431 e. The molecule has 0 unspecified atom stereocenters. The van der Waals surface area contributed by atoms with Gasteiger partial charge in [-0.25, -0.2) is 0 Å². The topological polar surface area (TPSA) is 39.1 Å². The zero-order valence-electron chi connectivity index (χ0n) is 10.1. The van der Waals surface area contributed by atoms with Crippen LogP contribution in [0.25, 0.3) is 0 Å². The number of Topliss-reactive ketones (excluding diaryl/α,β-unsaturated/α-hetero) is 1. The average molecular weight is 356 g/mol. The van der Waals surface area contributed by atoms with Crippen molar-refractivity contribution in [2.24, 2.45) is 0 Å². The molecule has 0 radical (unpaired) electrons. The predicted octanol–water partition coefficient (Wildman–Crippen LogP) is 4.12. The third kappa shape index (κ3) is 3.48. The molecule has 2 rings (SSSR count). The van der Waals surface area contributed by atoms with Gasteiger partial charge < -0.3 is 0 Å². The first-order valence-corrected chi connectivity index (χ1v) is 7.02. The summed E-state index contributed by atoms with van der Waals surface area (Å²) in [5.41, 5.74) is -2.12. The quantitative estimate of drug-likeness (QED) is 0.777. The number of aromatic nitrogens is 1. The summed E-state index contributed by atoms with van der Waals surface area (Å²) in [5.74, 6) is -0.720. The van der Waals surface area contributed by atoms with Gasteiger partial charge in [-0.15, -0.1) is 11.3 Å². The summed E-state index contributed by atoms with van der Waals surface area (Å²) in [7, 11) is 0. The van der Waals surface area contributed by atoms with Crippen LogP contribution in [0, 0.1) is 0 Å². The minimum Gasteiger partial charge on any atom is -0.297 e. The van der Waals surface area contributed by atoms with Crippen molar-refractivity contribution >= 4 is 40.3 Å². The molecule has 2 aromatic heterocycles. The monoisotopic (exact) mass is 355 g/mol. The summed E-state index contributed by atoms with van der Waals surface area (Å²) in [4.78, 5) is 23.6. The van der Waals surface area contributed by atoms with Crippen LogP contribution < -0.4 is 5.56 Å². The van der Waals surface area contributed by atoms with Gasteiger partial charge in [0.25, 0.3) is 5.56 Å². The van der Waals surface area contributed by atoms with E-state index in [0.717, 1.165) is 29.5 Å². The fourth-order valence-electron chi connectivity index (χ4n) is 1.69. The Bertz CT molecular complexity index is 752. The fraction of sp³-hybridized carbons (Fsp3) is 0.167. The molecule has 0 saturated carbocycles. The first-order valence-electron chi connectivity index (χ1n) is 5.45. The molecule has 0 saturated heterocycles. The second-order valence-electron chi connectivity index (χ2n) is 3.99. The summed E-state index contributed by atoms with van der Waals surface area (Å²) in [5, 5.41) is 0. The average Bonchev–Trinajstić information content (AvgIpc) is 2.69. The Labute approximate surface area is 130 Å². The highest BCUT2D eigenvalue weighted by Crippen LogP contribution is 2.32. The van der Waals surface area contributed by atoms with Crippen LogP contribution in [-0.2, 0) is 12.7 Å². The van der Waals surface area contributed by atoms with Gasteiger partial charge in [-0.2, -0.15) is 13.2 Å². The van der Waals surface area contributed by atoms with E-state index in [9.17, 15) is 22.8 Å². The van der Waals surface area contributed by atoms with E-state index < -0.39 is 29.8 Å². The van der Waals surface area contributed by atoms with Gasteiger partial charge in [-0.1, -0.05) is 29.3 Å². The molecule has 9 heteroatoms. The van der Waals surface area contributed by atoms with E-state index in [0.29, 0.717) is 4.57 Å². The molecule has 0 atom stereocenters. The Morgan fingerprint density at radius 1 is 1.29 bits per heavy atom. The van der Waals surface area contributed by atoms with Gasteiger partial charge in [-0.3, -0.25) is 14.2 Å². The Balaban J connectivity index is 2.43. The number of hydrogen-bond acceptors (Lipinski definition) is 3. The van der Waals surface area contributed by atoms with E-state index in [1.54, 1.807) is 0 Å². The highest BCUT2D eigenvalue weighted by Gasteiger charge is 2.34. The molecule has 0 N–H and O–H groups in total. The van der Waals surface area contributed by atoms with E-state index in [1.807, 2.05) is 0 Å². The van der Waals surface area contributed by atoms with Crippen LogP contribution in [0.2, 0.25) is 8.67 Å². The van der Waals surface area contributed by atoms with Crippen molar-refractivity contribution in [3.05, 3.63) is 54.5 Å². The molecule has 0 spiro atoms. The summed E-state index contributed by atoms with van der Waals surface area (Å²) < 4.78 is 39.2. The van der Waals surface area contributed by atoms with Crippen molar-refractivity contribution in [3.63, 3.8) is 0 Å². The zero-order valence-corrected chi connectivity index (χ0v) is 12.4. The van der Waals surface area contributed by atoms with Crippen LogP contribution >= 0.6 is 34.5 Å². The lowest BCUT2D eigenvalue weighted by atomic mass is 10.2. The minimum absolute atomic E-state index is 0.00413. The normalized spacial score (nSPS) is 11.7. The van der Waals surface area contributed by atoms with Gasteiger partial charge in [0, 0.05) is 6.07 Å². The van der Waals surface area contributed by atoms with Crippen molar-refractivity contribution in [1.82, 2.24) is 4.57 Å². The molecule has 0 fully saturated rings. The predicted molar refractivity (Wildman–Crippen MR) is 74.4 cm³/mol. The highest BCUT2D eigenvalue weighted by atomic mass is 35.5. The SMILES string of the molecule is O=C(Cn1c(C(F)(F)F)cccc1=O)c1cc(Cl)sc1Cl. The first-order chi connectivity index (χ1) is 9.70. The lowest BCUT2D eigenvalue weighted by Crippen LogP contribution is -2.30. The van der Waals surface area contributed by atoms with Crippen molar-refractivity contribution in [1.29, 1.82) is 0 Å². The van der Waals surface area contributed by atoms with Gasteiger partial charge in [0.2, 0.25) is 0 Å². The second kappa shape index (κ2) is 5.82. The van der Waals surface area contributed by atoms with E-state index in [4.69, 9.17) is 23.2 Å². The van der Waals surface area contributed by atoms with E-state index in [-0.39, 0.29) is 14.2 Å². The van der Waals surface area contributed by atoms with Crippen molar-refractivity contribution in [3.8, 4) is 0 Å². The third-order valence-corrected chi connectivity index (χ3v) is 4.09. The van der Waals surface area contributed by atoms with Crippen molar-refractivity contribution < 1.29 is 18.0 Å². The molecule has 0 bridgehead atoms. The van der Waals surface area contributed by atoms with Crippen LogP contribution in [-0.4, -0.2) is 10.4 Å². The first kappa shape index (κ1) is 16.1. The summed E-state index contributed by atoms with van der Waals surface area (Å²) >= 11 is 12.4. The van der Waals surface area contributed by atoms with E-state index in [1.165, 1.54) is 6.07 Å². The van der Waals surface area contributed by atoms with Crippen LogP contribution in [0.5, 0.6) is 0 Å². The number of halogens is 5. The fourth-order valence-corrected chi connectivity index (χ4v) is 3.19. The molecule has 0 aliphatic rings. The van der Waals surface area contributed by atoms with Gasteiger partial charge in [-0.05, 0) is 12.1 Å². The van der Waals surface area contributed by atoms with Gasteiger partial charge >= 0.3 is 6.18 Å². The van der Waals surface area contributed by atoms with Crippen molar-refractivity contribution in [2.75, 3.05) is 0 Å². The van der Waals surface area contributed by atoms with Crippen LogP contribution in [0.1, 0.15) is 16.1 Å². The maximum Gasteiger partial charge on any atom is 0.431 e. The number of pyridine rings is 1. The number of rotatable bonds is 3. The number of carbonyl (C=O) groups is 1. The molecular weight excluding hydrogens is 350 g/mol. The Morgan fingerprint density at radius 3 is 2.48 bits per heavy atom. The number of carbonyl (C=O) groups excluding carboxylic acids is 1. The molecule has 21 heavy (non-hydrogen) atoms. The van der Waals surface area contributed by atoms with Gasteiger partial charge in [0.1, 0.15) is 10.0 Å². The molecular formula is C12H6Cl2F3NO2S. The van der Waals surface area contributed by atoms with Crippen LogP contribution in [0.3, 0.4) is 0 Å². The summed E-state index contributed by atoms with van der Waals surface area (Å²) in [6.45, 7) is -0.763. The minimum atomic E-state index is -4.74. The summed E-state index contributed by atoms with van der Waals surface area (Å²) in [6, 6.07) is 3.93. The molecule has 0 amide bonds. The maximum absolute atomic E-state index is 12.8. The summed E-state index contributed by atoms with van der Waals surface area (Å²) in [6.07, 6.45) is -4.74. The molecule has 0 aliphatic carbocycles. The Morgan fingerprint density at radius 2 is 1.95 bits per heavy atom. The number of hydrogen-bond donors (Lipinski definition) is 0. The molecule has 0 aliphatic heterocycles. The molecule has 2 heterocycles. The van der Waals surface area contributed by atoms with E-state index >= 15 is 0 Å². The highest BCUT2D eigenvalue weighted by molar-refractivity contribution is 7.20. The molecule has 112 valence electrons. The number of nitrogens with zero attached hydrogens (tertiary/aromatic N) is 1. The Hall–Kier alpha value is -1.31. The number of thiophene rings is 1. The van der Waals surface area contributed by atoms with Crippen LogP contribution in [0.4, 0.5) is 13.2 Å².